The van der Waals surface area contributed by atoms with Crippen LogP contribution >= 0.6 is 0 Å². The molecule has 190 valence electrons. The maximum Gasteiger partial charge on any atom is 0.416 e. The third-order valence-electron chi connectivity index (χ3n) is 6.91. The summed E-state index contributed by atoms with van der Waals surface area (Å²) in [7, 11) is 1.60. The number of amides is 1. The van der Waals surface area contributed by atoms with Gasteiger partial charge in [0.05, 0.1) is 18.7 Å². The van der Waals surface area contributed by atoms with E-state index in [0.717, 1.165) is 17.7 Å². The fraction of sp³-hybridized carbons (Fsp3) is 0.500. The van der Waals surface area contributed by atoms with Crippen LogP contribution in [-0.4, -0.2) is 55.9 Å². The molecule has 2 fully saturated rings. The van der Waals surface area contributed by atoms with Crippen LogP contribution in [0.4, 0.5) is 13.2 Å². The molecule has 35 heavy (non-hydrogen) atoms. The molecule has 2 atom stereocenters. The number of likely N-dealkylation sites (tertiary alicyclic amines) is 1. The van der Waals surface area contributed by atoms with Crippen molar-refractivity contribution in [2.75, 3.05) is 33.4 Å². The van der Waals surface area contributed by atoms with Crippen LogP contribution in [-0.2, 0) is 15.7 Å². The molecule has 4 rings (SSSR count). The highest BCUT2D eigenvalue weighted by atomic mass is 19.4. The number of alkyl halides is 3. The Kier molecular flexibility index (Phi) is 7.56. The number of rotatable bonds is 7. The predicted octanol–water partition coefficient (Wildman–Crippen LogP) is 4.59. The van der Waals surface area contributed by atoms with Crippen molar-refractivity contribution in [2.24, 2.45) is 0 Å². The second kappa shape index (κ2) is 10.5. The van der Waals surface area contributed by atoms with Gasteiger partial charge in [-0.3, -0.25) is 9.69 Å². The molecule has 2 saturated heterocycles. The van der Waals surface area contributed by atoms with Gasteiger partial charge in [-0.1, -0.05) is 24.3 Å². The second-order valence-corrected chi connectivity index (χ2v) is 9.08. The second-order valence-electron chi connectivity index (χ2n) is 9.08. The summed E-state index contributed by atoms with van der Waals surface area (Å²) in [5, 5.41) is 3.16. The molecule has 0 spiro atoms. The molecule has 1 unspecified atom stereocenters. The molecule has 6 nitrogen and oxygen atoms in total. The van der Waals surface area contributed by atoms with Crippen molar-refractivity contribution in [3.8, 4) is 11.5 Å². The van der Waals surface area contributed by atoms with Crippen LogP contribution < -0.4 is 14.8 Å². The number of benzene rings is 2. The highest BCUT2D eigenvalue weighted by Gasteiger charge is 2.48. The van der Waals surface area contributed by atoms with Gasteiger partial charge in [-0.15, -0.1) is 0 Å². The van der Waals surface area contributed by atoms with Crippen molar-refractivity contribution >= 4 is 5.91 Å². The summed E-state index contributed by atoms with van der Waals surface area (Å²) >= 11 is 0. The van der Waals surface area contributed by atoms with E-state index in [2.05, 4.69) is 10.2 Å². The summed E-state index contributed by atoms with van der Waals surface area (Å²) in [5.74, 6) is 0.804. The third-order valence-corrected chi connectivity index (χ3v) is 6.91. The third kappa shape index (κ3) is 5.56. The summed E-state index contributed by atoms with van der Waals surface area (Å²) < 4.78 is 56.1. The molecule has 2 aliphatic heterocycles. The Bertz CT molecular complexity index is 1020. The number of carbonyl (C=O) groups excluding carboxylic acids is 1. The van der Waals surface area contributed by atoms with E-state index in [4.69, 9.17) is 14.2 Å². The van der Waals surface area contributed by atoms with E-state index in [1.165, 1.54) is 12.1 Å². The van der Waals surface area contributed by atoms with Gasteiger partial charge in [0, 0.05) is 31.9 Å². The van der Waals surface area contributed by atoms with Crippen molar-refractivity contribution in [1.29, 1.82) is 0 Å². The molecule has 0 aromatic heterocycles. The first-order valence-corrected chi connectivity index (χ1v) is 11.8. The molecule has 1 N–H and O–H groups in total. The Morgan fingerprint density at radius 1 is 1.17 bits per heavy atom. The molecule has 2 aliphatic rings. The molecule has 0 saturated carbocycles. The number of carbonyl (C=O) groups is 1. The fourth-order valence-corrected chi connectivity index (χ4v) is 4.98. The number of hydrogen-bond acceptors (Lipinski definition) is 5. The molecule has 9 heteroatoms. The number of ether oxygens (including phenoxy) is 3. The highest BCUT2D eigenvalue weighted by Crippen LogP contribution is 2.35. The lowest BCUT2D eigenvalue weighted by Gasteiger charge is -2.43. The van der Waals surface area contributed by atoms with E-state index in [1.54, 1.807) is 7.11 Å². The number of hydrogen-bond donors (Lipinski definition) is 1. The molecular formula is C26H31F3N2O4. The normalized spacial score (nSPS) is 21.3. The Labute approximate surface area is 203 Å². The van der Waals surface area contributed by atoms with Gasteiger partial charge in [0.15, 0.2) is 0 Å². The van der Waals surface area contributed by atoms with E-state index >= 15 is 0 Å². The topological polar surface area (TPSA) is 60.0 Å². The zero-order chi connectivity index (χ0) is 25.1. The minimum atomic E-state index is -4.43. The van der Waals surface area contributed by atoms with Gasteiger partial charge in [0.25, 0.3) is 0 Å². The molecule has 2 aromatic carbocycles. The van der Waals surface area contributed by atoms with E-state index in [-0.39, 0.29) is 23.8 Å². The SMILES string of the molecule is COc1ccccc1C(C)NC(=O)C1(N2CC[C@@H](Oc3cccc(C(F)(F)F)c3)C2)CCOCC1. The monoisotopic (exact) mass is 492 g/mol. The van der Waals surface area contributed by atoms with Crippen LogP contribution in [0.5, 0.6) is 11.5 Å². The molecule has 1 amide bonds. The Balaban J connectivity index is 1.47. The van der Waals surface area contributed by atoms with Crippen molar-refractivity contribution in [1.82, 2.24) is 10.2 Å². The van der Waals surface area contributed by atoms with Crippen molar-refractivity contribution in [3.63, 3.8) is 0 Å². The van der Waals surface area contributed by atoms with Gasteiger partial charge >= 0.3 is 6.18 Å². The summed E-state index contributed by atoms with van der Waals surface area (Å²) in [6.07, 6.45) is -3.04. The maximum atomic E-state index is 13.7. The molecule has 0 radical (unpaired) electrons. The molecule has 0 aliphatic carbocycles. The van der Waals surface area contributed by atoms with Crippen LogP contribution in [0, 0.1) is 0 Å². The minimum absolute atomic E-state index is 0.0843. The molecule has 2 aromatic rings. The summed E-state index contributed by atoms with van der Waals surface area (Å²) in [5.41, 5.74) is -0.617. The first-order valence-electron chi connectivity index (χ1n) is 11.8. The zero-order valence-electron chi connectivity index (χ0n) is 19.9. The Morgan fingerprint density at radius 3 is 2.63 bits per heavy atom. The Hall–Kier alpha value is -2.78. The van der Waals surface area contributed by atoms with E-state index < -0.39 is 17.3 Å². The van der Waals surface area contributed by atoms with Crippen LogP contribution in [0.25, 0.3) is 0 Å². The number of nitrogens with one attached hydrogen (secondary N) is 1. The average Bonchev–Trinajstić information content (AvgIpc) is 3.33. The quantitative estimate of drug-likeness (QED) is 0.613. The smallest absolute Gasteiger partial charge is 0.416 e. The number of methoxy groups -OCH3 is 1. The van der Waals surface area contributed by atoms with Gasteiger partial charge in [-0.25, -0.2) is 0 Å². The first-order chi connectivity index (χ1) is 16.7. The minimum Gasteiger partial charge on any atom is -0.496 e. The van der Waals surface area contributed by atoms with Gasteiger partial charge in [-0.2, -0.15) is 13.2 Å². The van der Waals surface area contributed by atoms with Gasteiger partial charge in [0.1, 0.15) is 23.1 Å². The van der Waals surface area contributed by atoms with Crippen LogP contribution in [0.2, 0.25) is 0 Å². The van der Waals surface area contributed by atoms with E-state index in [0.29, 0.717) is 51.3 Å². The summed E-state index contributed by atoms with van der Waals surface area (Å²) in [6, 6.07) is 12.2. The van der Waals surface area contributed by atoms with Crippen molar-refractivity contribution in [3.05, 3.63) is 59.7 Å². The van der Waals surface area contributed by atoms with Gasteiger partial charge in [0.2, 0.25) is 5.91 Å². The lowest BCUT2D eigenvalue weighted by molar-refractivity contribution is -0.141. The lowest BCUT2D eigenvalue weighted by atomic mass is 9.86. The number of halogens is 3. The predicted molar refractivity (Wildman–Crippen MR) is 124 cm³/mol. The number of para-hydroxylation sites is 1. The standard InChI is InChI=1S/C26H31F3N2O4/c1-18(22-8-3-4-9-23(22)33-2)30-24(32)25(11-14-34-15-12-25)31-13-10-21(17-31)35-20-7-5-6-19(16-20)26(27,28)29/h3-9,16,18,21H,10-15,17H2,1-2H3,(H,30,32)/t18?,21-/m1/s1. The summed E-state index contributed by atoms with van der Waals surface area (Å²) in [4.78, 5) is 15.8. The highest BCUT2D eigenvalue weighted by molar-refractivity contribution is 5.87. The van der Waals surface area contributed by atoms with Crippen LogP contribution in [0.3, 0.4) is 0 Å². The van der Waals surface area contributed by atoms with Gasteiger partial charge in [-0.05, 0) is 50.5 Å². The van der Waals surface area contributed by atoms with Gasteiger partial charge < -0.3 is 19.5 Å². The van der Waals surface area contributed by atoms with E-state index in [9.17, 15) is 18.0 Å². The Morgan fingerprint density at radius 2 is 1.91 bits per heavy atom. The average molecular weight is 493 g/mol. The number of nitrogens with zero attached hydrogens (tertiary/aromatic N) is 1. The van der Waals surface area contributed by atoms with Crippen molar-refractivity contribution < 1.29 is 32.2 Å². The summed E-state index contributed by atoms with van der Waals surface area (Å²) in [6.45, 7) is 3.91. The molecule has 0 bridgehead atoms. The van der Waals surface area contributed by atoms with Crippen molar-refractivity contribution in [2.45, 2.75) is 50.0 Å². The molecular weight excluding hydrogens is 461 g/mol. The zero-order valence-corrected chi connectivity index (χ0v) is 19.9. The first kappa shape index (κ1) is 25.3. The van der Waals surface area contributed by atoms with Crippen LogP contribution in [0.15, 0.2) is 48.5 Å². The van der Waals surface area contributed by atoms with E-state index in [1.807, 2.05) is 31.2 Å². The maximum absolute atomic E-state index is 13.7. The molecule has 2 heterocycles. The largest absolute Gasteiger partial charge is 0.496 e. The van der Waals surface area contributed by atoms with Crippen LogP contribution in [0.1, 0.15) is 43.4 Å². The lowest BCUT2D eigenvalue weighted by Crippen LogP contribution is -2.61. The fourth-order valence-electron chi connectivity index (χ4n) is 4.98.